The summed E-state index contributed by atoms with van der Waals surface area (Å²) >= 11 is 0. The first-order chi connectivity index (χ1) is 13.2. The number of hydrazone groups is 1. The van der Waals surface area contributed by atoms with Crippen molar-refractivity contribution in [2.45, 2.75) is 18.7 Å². The number of carbonyl (C=O) groups excluding carboxylic acids is 2. The minimum atomic E-state index is -3.85. The fraction of sp³-hybridized carbons (Fsp3) is 0.211. The van der Waals surface area contributed by atoms with Crippen molar-refractivity contribution in [3.63, 3.8) is 0 Å². The lowest BCUT2D eigenvalue weighted by Gasteiger charge is -2.16. The zero-order valence-corrected chi connectivity index (χ0v) is 16.7. The van der Waals surface area contributed by atoms with Crippen LogP contribution in [-0.2, 0) is 19.6 Å². The third-order valence-electron chi connectivity index (χ3n) is 3.73. The summed E-state index contributed by atoms with van der Waals surface area (Å²) in [6, 6.07) is 13.2. The summed E-state index contributed by atoms with van der Waals surface area (Å²) in [5.41, 5.74) is 4.71. The molecule has 0 spiro atoms. The molecule has 0 aliphatic carbocycles. The van der Waals surface area contributed by atoms with Crippen LogP contribution in [0, 0.1) is 6.92 Å². The number of hydrogen-bond acceptors (Lipinski definition) is 5. The summed E-state index contributed by atoms with van der Waals surface area (Å²) in [6.07, 6.45) is 1.48. The maximum atomic E-state index is 12.5. The van der Waals surface area contributed by atoms with Gasteiger partial charge in [0.25, 0.3) is 5.91 Å². The van der Waals surface area contributed by atoms with Crippen LogP contribution >= 0.6 is 0 Å². The van der Waals surface area contributed by atoms with E-state index in [2.05, 4.69) is 15.8 Å². The summed E-state index contributed by atoms with van der Waals surface area (Å²) in [5, 5.41) is 6.39. The van der Waals surface area contributed by atoms with Gasteiger partial charge in [-0.1, -0.05) is 29.8 Å². The third-order valence-corrected chi connectivity index (χ3v) is 5.55. The number of hydrogen-bond donors (Lipinski definition) is 2. The molecule has 0 aliphatic rings. The Bertz CT molecular complexity index is 968. The Morgan fingerprint density at radius 2 is 1.68 bits per heavy atom. The second-order valence-electron chi connectivity index (χ2n) is 6.17. The molecule has 2 N–H and O–H groups in total. The van der Waals surface area contributed by atoms with E-state index >= 15 is 0 Å². The van der Waals surface area contributed by atoms with Gasteiger partial charge in [0.2, 0.25) is 15.9 Å². The standard InChI is InChI=1S/C19H22N4O4S/c1-14-4-6-16(7-5-14)12-20-22-19(25)13-23(3)28(26,27)18-10-8-17(9-11-18)21-15(2)24/h4-12H,13H2,1-3H3,(H,21,24)(H,22,25)/b20-12+. The molecular weight excluding hydrogens is 380 g/mol. The van der Waals surface area contributed by atoms with E-state index in [4.69, 9.17) is 0 Å². The lowest BCUT2D eigenvalue weighted by molar-refractivity contribution is -0.121. The van der Waals surface area contributed by atoms with Crippen LogP contribution in [0.3, 0.4) is 0 Å². The Hall–Kier alpha value is -3.04. The molecule has 2 aromatic rings. The number of aryl methyl sites for hydroxylation is 1. The van der Waals surface area contributed by atoms with Crippen LogP contribution in [0.25, 0.3) is 0 Å². The van der Waals surface area contributed by atoms with E-state index in [-0.39, 0.29) is 17.3 Å². The minimum absolute atomic E-state index is 0.0139. The Morgan fingerprint density at radius 3 is 2.25 bits per heavy atom. The number of anilines is 1. The van der Waals surface area contributed by atoms with Crippen molar-refractivity contribution in [1.29, 1.82) is 0 Å². The molecule has 2 aromatic carbocycles. The van der Waals surface area contributed by atoms with Crippen molar-refractivity contribution in [2.75, 3.05) is 18.9 Å². The van der Waals surface area contributed by atoms with Crippen LogP contribution in [0.4, 0.5) is 5.69 Å². The Kier molecular flexibility index (Phi) is 7.02. The molecule has 0 aliphatic heterocycles. The summed E-state index contributed by atoms with van der Waals surface area (Å²) in [4.78, 5) is 23.0. The van der Waals surface area contributed by atoms with Crippen LogP contribution in [0.5, 0.6) is 0 Å². The molecule has 0 saturated carbocycles. The largest absolute Gasteiger partial charge is 0.326 e. The van der Waals surface area contributed by atoms with Crippen molar-refractivity contribution < 1.29 is 18.0 Å². The first kappa shape index (κ1) is 21.3. The van der Waals surface area contributed by atoms with Crippen LogP contribution in [0.2, 0.25) is 0 Å². The Morgan fingerprint density at radius 1 is 1.07 bits per heavy atom. The Balaban J connectivity index is 1.96. The average molecular weight is 402 g/mol. The molecule has 0 heterocycles. The van der Waals surface area contributed by atoms with Crippen LogP contribution < -0.4 is 10.7 Å². The highest BCUT2D eigenvalue weighted by molar-refractivity contribution is 7.89. The topological polar surface area (TPSA) is 108 Å². The molecule has 0 atom stereocenters. The van der Waals surface area contributed by atoms with Crippen LogP contribution in [-0.4, -0.2) is 44.3 Å². The van der Waals surface area contributed by atoms with Crippen LogP contribution in [0.1, 0.15) is 18.1 Å². The number of likely N-dealkylation sites (N-methyl/N-ethyl adjacent to an activating group) is 1. The normalized spacial score (nSPS) is 11.6. The van der Waals surface area contributed by atoms with E-state index < -0.39 is 15.9 Å². The van der Waals surface area contributed by atoms with Gasteiger partial charge in [-0.15, -0.1) is 0 Å². The summed E-state index contributed by atoms with van der Waals surface area (Å²) < 4.78 is 26.0. The monoisotopic (exact) mass is 402 g/mol. The molecule has 2 amide bonds. The number of amides is 2. The average Bonchev–Trinajstić information content (AvgIpc) is 2.63. The highest BCUT2D eigenvalue weighted by Crippen LogP contribution is 2.17. The molecule has 8 nitrogen and oxygen atoms in total. The van der Waals surface area contributed by atoms with E-state index in [1.807, 2.05) is 31.2 Å². The van der Waals surface area contributed by atoms with Gasteiger partial charge < -0.3 is 5.32 Å². The van der Waals surface area contributed by atoms with E-state index in [1.165, 1.54) is 44.5 Å². The van der Waals surface area contributed by atoms with Gasteiger partial charge in [0.1, 0.15) is 0 Å². The molecule has 0 radical (unpaired) electrons. The van der Waals surface area contributed by atoms with E-state index in [0.717, 1.165) is 15.4 Å². The van der Waals surface area contributed by atoms with E-state index in [0.29, 0.717) is 5.69 Å². The molecule has 0 saturated heterocycles. The number of nitrogens with one attached hydrogen (secondary N) is 2. The number of nitrogens with zero attached hydrogens (tertiary/aromatic N) is 2. The predicted octanol–water partition coefficient (Wildman–Crippen LogP) is 1.72. The molecular formula is C19H22N4O4S. The van der Waals surface area contributed by atoms with Gasteiger partial charge in [-0.3, -0.25) is 9.59 Å². The number of sulfonamides is 1. The van der Waals surface area contributed by atoms with Crippen molar-refractivity contribution in [2.24, 2.45) is 5.10 Å². The van der Waals surface area contributed by atoms with Gasteiger partial charge >= 0.3 is 0 Å². The molecule has 0 bridgehead atoms. The second kappa shape index (κ2) is 9.25. The fourth-order valence-corrected chi connectivity index (χ4v) is 3.37. The van der Waals surface area contributed by atoms with Crippen LogP contribution in [0.15, 0.2) is 58.5 Å². The number of benzene rings is 2. The molecule has 9 heteroatoms. The van der Waals surface area contributed by atoms with Gasteiger partial charge in [-0.2, -0.15) is 9.41 Å². The summed E-state index contributed by atoms with van der Waals surface area (Å²) in [7, 11) is -2.55. The Labute approximate surface area is 164 Å². The zero-order chi connectivity index (χ0) is 20.7. The zero-order valence-electron chi connectivity index (χ0n) is 15.8. The van der Waals surface area contributed by atoms with Gasteiger partial charge in [0.15, 0.2) is 0 Å². The second-order valence-corrected chi connectivity index (χ2v) is 8.22. The van der Waals surface area contributed by atoms with Crippen molar-refractivity contribution in [3.8, 4) is 0 Å². The molecule has 28 heavy (non-hydrogen) atoms. The highest BCUT2D eigenvalue weighted by Gasteiger charge is 2.22. The van der Waals surface area contributed by atoms with Crippen molar-refractivity contribution >= 4 is 33.7 Å². The predicted molar refractivity (Wildman–Crippen MR) is 107 cm³/mol. The van der Waals surface area contributed by atoms with Crippen molar-refractivity contribution in [1.82, 2.24) is 9.73 Å². The molecule has 0 fully saturated rings. The van der Waals surface area contributed by atoms with Gasteiger partial charge in [0.05, 0.1) is 17.7 Å². The number of carbonyl (C=O) groups is 2. The molecule has 2 rings (SSSR count). The lowest BCUT2D eigenvalue weighted by atomic mass is 10.2. The summed E-state index contributed by atoms with van der Waals surface area (Å²) in [6.45, 7) is 2.94. The molecule has 0 unspecified atom stereocenters. The SMILES string of the molecule is CC(=O)Nc1ccc(S(=O)(=O)N(C)CC(=O)N/N=C/c2ccc(C)cc2)cc1. The molecule has 0 aromatic heterocycles. The molecule has 148 valence electrons. The quantitative estimate of drug-likeness (QED) is 0.543. The maximum Gasteiger partial charge on any atom is 0.255 e. The maximum absolute atomic E-state index is 12.5. The first-order valence-electron chi connectivity index (χ1n) is 8.41. The van der Waals surface area contributed by atoms with Crippen molar-refractivity contribution in [3.05, 3.63) is 59.7 Å². The number of rotatable bonds is 7. The van der Waals surface area contributed by atoms with Gasteiger partial charge in [0, 0.05) is 19.7 Å². The van der Waals surface area contributed by atoms with Gasteiger partial charge in [-0.05, 0) is 36.8 Å². The smallest absolute Gasteiger partial charge is 0.255 e. The fourth-order valence-electron chi connectivity index (χ4n) is 2.25. The van der Waals surface area contributed by atoms with Gasteiger partial charge in [-0.25, -0.2) is 13.8 Å². The minimum Gasteiger partial charge on any atom is -0.326 e. The van der Waals surface area contributed by atoms with E-state index in [1.54, 1.807) is 0 Å². The third kappa shape index (κ3) is 6.00. The summed E-state index contributed by atoms with van der Waals surface area (Å²) in [5.74, 6) is -0.820. The lowest BCUT2D eigenvalue weighted by Crippen LogP contribution is -2.36. The first-order valence-corrected chi connectivity index (χ1v) is 9.85. The van der Waals surface area contributed by atoms with E-state index in [9.17, 15) is 18.0 Å². The highest BCUT2D eigenvalue weighted by atomic mass is 32.2.